The maximum Gasteiger partial charge on any atom is 0.418 e. The number of alkyl halides is 3. The van der Waals surface area contributed by atoms with Crippen LogP contribution in [0.2, 0.25) is 10.0 Å². The van der Waals surface area contributed by atoms with Crippen LogP contribution in [0.3, 0.4) is 0 Å². The van der Waals surface area contributed by atoms with E-state index in [1.807, 2.05) is 0 Å². The molecule has 1 amide bonds. The average molecular weight is 507 g/mol. The summed E-state index contributed by atoms with van der Waals surface area (Å²) in [4.78, 5) is 11.5. The van der Waals surface area contributed by atoms with Gasteiger partial charge in [0.05, 0.1) is 21.8 Å². The van der Waals surface area contributed by atoms with Crippen LogP contribution in [0.15, 0.2) is 65.6 Å². The zero-order chi connectivity index (χ0) is 23.7. The number of carbonyl (C=O) groups is 1. The number of hydrogen-bond donors (Lipinski definition) is 2. The molecule has 3 rings (SSSR count). The first kappa shape index (κ1) is 23.8. The van der Waals surface area contributed by atoms with Gasteiger partial charge in [-0.3, -0.25) is 9.52 Å². The SMILES string of the molecule is O=C(Nc1ccc(S(=O)(=O)Nc2ccc(Cl)cc2C(F)(F)F)cc1F)c1ccc(Cl)cc1. The lowest BCUT2D eigenvalue weighted by molar-refractivity contribution is -0.136. The van der Waals surface area contributed by atoms with E-state index >= 15 is 0 Å². The number of carbonyl (C=O) groups excluding carboxylic acids is 1. The number of rotatable bonds is 5. The van der Waals surface area contributed by atoms with Gasteiger partial charge in [0.2, 0.25) is 0 Å². The molecular weight excluding hydrogens is 495 g/mol. The summed E-state index contributed by atoms with van der Waals surface area (Å²) in [6.45, 7) is 0. The monoisotopic (exact) mass is 506 g/mol. The molecule has 0 saturated carbocycles. The number of anilines is 2. The summed E-state index contributed by atoms with van der Waals surface area (Å²) in [5.74, 6) is -1.78. The number of benzene rings is 3. The Labute approximate surface area is 190 Å². The molecule has 0 atom stereocenters. The van der Waals surface area contributed by atoms with Crippen molar-refractivity contribution in [1.82, 2.24) is 0 Å². The summed E-state index contributed by atoms with van der Waals surface area (Å²) in [5.41, 5.74) is -2.23. The van der Waals surface area contributed by atoms with Gasteiger partial charge in [-0.25, -0.2) is 12.8 Å². The van der Waals surface area contributed by atoms with Crippen molar-refractivity contribution in [2.45, 2.75) is 11.1 Å². The van der Waals surface area contributed by atoms with Gasteiger partial charge in [0.15, 0.2) is 0 Å². The van der Waals surface area contributed by atoms with Crippen molar-refractivity contribution in [2.75, 3.05) is 10.0 Å². The number of halogens is 6. The van der Waals surface area contributed by atoms with Crippen molar-refractivity contribution in [2.24, 2.45) is 0 Å². The standard InChI is InChI=1S/C20H12Cl2F4N2O3S/c21-12-3-1-11(2-4-12)19(29)27-18-8-6-14(10-16(18)23)32(30,31)28-17-7-5-13(22)9-15(17)20(24,25)26/h1-10,28H,(H,27,29). The highest BCUT2D eigenvalue weighted by atomic mass is 35.5. The highest BCUT2D eigenvalue weighted by Gasteiger charge is 2.35. The van der Waals surface area contributed by atoms with Crippen molar-refractivity contribution >= 4 is 50.5 Å². The Bertz CT molecular complexity index is 1280. The topological polar surface area (TPSA) is 75.3 Å². The van der Waals surface area contributed by atoms with E-state index in [4.69, 9.17) is 23.2 Å². The van der Waals surface area contributed by atoms with E-state index < -0.39 is 44.1 Å². The van der Waals surface area contributed by atoms with Crippen LogP contribution in [0.1, 0.15) is 15.9 Å². The van der Waals surface area contributed by atoms with E-state index in [0.29, 0.717) is 17.2 Å². The molecule has 5 nitrogen and oxygen atoms in total. The molecule has 3 aromatic carbocycles. The fourth-order valence-corrected chi connectivity index (χ4v) is 3.99. The van der Waals surface area contributed by atoms with Crippen molar-refractivity contribution in [3.8, 4) is 0 Å². The lowest BCUT2D eigenvalue weighted by Crippen LogP contribution is -2.18. The van der Waals surface area contributed by atoms with E-state index in [1.165, 1.54) is 24.3 Å². The van der Waals surface area contributed by atoms with Crippen molar-refractivity contribution < 1.29 is 30.8 Å². The highest BCUT2D eigenvalue weighted by molar-refractivity contribution is 7.92. The second-order valence-electron chi connectivity index (χ2n) is 6.40. The number of nitrogens with one attached hydrogen (secondary N) is 2. The van der Waals surface area contributed by atoms with E-state index in [2.05, 4.69) is 5.32 Å². The molecule has 0 aromatic heterocycles. The first-order valence-electron chi connectivity index (χ1n) is 8.63. The Balaban J connectivity index is 1.85. The van der Waals surface area contributed by atoms with Crippen molar-refractivity contribution in [3.05, 3.63) is 87.7 Å². The number of hydrogen-bond acceptors (Lipinski definition) is 3. The summed E-state index contributed by atoms with van der Waals surface area (Å²) in [7, 11) is -4.59. The third-order valence-corrected chi connectivity index (χ3v) is 5.99. The Kier molecular flexibility index (Phi) is 6.68. The lowest BCUT2D eigenvalue weighted by atomic mass is 10.2. The summed E-state index contributed by atoms with van der Waals surface area (Å²) in [6.07, 6.45) is -4.89. The van der Waals surface area contributed by atoms with Crippen LogP contribution in [0.4, 0.5) is 28.9 Å². The van der Waals surface area contributed by atoms with Gasteiger partial charge < -0.3 is 5.32 Å². The molecular formula is C20H12Cl2F4N2O3S. The molecule has 0 aliphatic heterocycles. The van der Waals surface area contributed by atoms with Crippen LogP contribution < -0.4 is 10.0 Å². The van der Waals surface area contributed by atoms with Crippen molar-refractivity contribution in [3.63, 3.8) is 0 Å². The maximum atomic E-state index is 14.5. The van der Waals surface area contributed by atoms with Gasteiger partial charge >= 0.3 is 6.18 Å². The summed E-state index contributed by atoms with van der Waals surface area (Å²) >= 11 is 11.3. The molecule has 12 heteroatoms. The van der Waals surface area contributed by atoms with Crippen LogP contribution in [-0.4, -0.2) is 14.3 Å². The predicted molar refractivity (Wildman–Crippen MR) is 113 cm³/mol. The van der Waals surface area contributed by atoms with Gasteiger partial charge in [-0.2, -0.15) is 13.2 Å². The molecule has 0 aliphatic carbocycles. The van der Waals surface area contributed by atoms with Gasteiger partial charge in [-0.05, 0) is 60.7 Å². The molecule has 0 heterocycles. The normalized spacial score (nSPS) is 11.8. The second kappa shape index (κ2) is 8.97. The molecule has 0 aliphatic rings. The molecule has 0 unspecified atom stereocenters. The van der Waals surface area contributed by atoms with Gasteiger partial charge in [0.25, 0.3) is 15.9 Å². The molecule has 0 radical (unpaired) electrons. The van der Waals surface area contributed by atoms with Crippen LogP contribution in [0, 0.1) is 5.82 Å². The smallest absolute Gasteiger partial charge is 0.319 e. The van der Waals surface area contributed by atoms with Crippen LogP contribution in [0.25, 0.3) is 0 Å². The second-order valence-corrected chi connectivity index (χ2v) is 8.95. The largest absolute Gasteiger partial charge is 0.418 e. The fourth-order valence-electron chi connectivity index (χ4n) is 2.60. The Hall–Kier alpha value is -2.82. The van der Waals surface area contributed by atoms with E-state index in [0.717, 1.165) is 24.3 Å². The molecule has 0 bridgehead atoms. The Morgan fingerprint density at radius 1 is 0.844 bits per heavy atom. The zero-order valence-electron chi connectivity index (χ0n) is 15.7. The van der Waals surface area contributed by atoms with Crippen LogP contribution >= 0.6 is 23.2 Å². The fraction of sp³-hybridized carbons (Fsp3) is 0.0500. The van der Waals surface area contributed by atoms with Gasteiger partial charge in [-0.15, -0.1) is 0 Å². The van der Waals surface area contributed by atoms with Gasteiger partial charge in [0.1, 0.15) is 5.82 Å². The Morgan fingerprint density at radius 2 is 1.44 bits per heavy atom. The lowest BCUT2D eigenvalue weighted by Gasteiger charge is -2.15. The number of sulfonamides is 1. The van der Waals surface area contributed by atoms with Crippen molar-refractivity contribution in [1.29, 1.82) is 0 Å². The third kappa shape index (κ3) is 5.50. The van der Waals surface area contributed by atoms with E-state index in [1.54, 1.807) is 4.72 Å². The summed E-state index contributed by atoms with van der Waals surface area (Å²) in [5, 5.41) is 2.42. The molecule has 2 N–H and O–H groups in total. The third-order valence-electron chi connectivity index (χ3n) is 4.14. The molecule has 0 fully saturated rings. The predicted octanol–water partition coefficient (Wildman–Crippen LogP) is 6.20. The number of amides is 1. The highest BCUT2D eigenvalue weighted by Crippen LogP contribution is 2.37. The van der Waals surface area contributed by atoms with E-state index in [-0.39, 0.29) is 16.3 Å². The minimum absolute atomic E-state index is 0.176. The average Bonchev–Trinajstić information content (AvgIpc) is 2.70. The minimum atomic E-state index is -4.89. The Morgan fingerprint density at radius 3 is 2.03 bits per heavy atom. The molecule has 3 aromatic rings. The summed E-state index contributed by atoms with van der Waals surface area (Å²) in [6, 6.07) is 10.7. The molecule has 168 valence electrons. The first-order chi connectivity index (χ1) is 14.9. The summed E-state index contributed by atoms with van der Waals surface area (Å²) < 4.78 is 80.9. The molecule has 0 saturated heterocycles. The van der Waals surface area contributed by atoms with Gasteiger partial charge in [0, 0.05) is 15.6 Å². The van der Waals surface area contributed by atoms with Gasteiger partial charge in [-0.1, -0.05) is 23.2 Å². The maximum absolute atomic E-state index is 14.5. The molecule has 32 heavy (non-hydrogen) atoms. The van der Waals surface area contributed by atoms with Crippen LogP contribution in [-0.2, 0) is 16.2 Å². The minimum Gasteiger partial charge on any atom is -0.319 e. The first-order valence-corrected chi connectivity index (χ1v) is 10.9. The van der Waals surface area contributed by atoms with E-state index in [9.17, 15) is 30.8 Å². The van der Waals surface area contributed by atoms with Crippen LogP contribution in [0.5, 0.6) is 0 Å². The zero-order valence-corrected chi connectivity index (χ0v) is 18.0. The quantitative estimate of drug-likeness (QED) is 0.404. The molecule has 0 spiro atoms.